The summed E-state index contributed by atoms with van der Waals surface area (Å²) in [7, 11) is 0. The number of carbonyl (C=O) groups is 2. The van der Waals surface area contributed by atoms with Crippen LogP contribution in [0.1, 0.15) is 50.9 Å². The van der Waals surface area contributed by atoms with E-state index in [4.69, 9.17) is 4.74 Å². The summed E-state index contributed by atoms with van der Waals surface area (Å²) in [6.45, 7) is 5.15. The molecule has 1 fully saturated rings. The molecule has 120 valence electrons. The zero-order chi connectivity index (χ0) is 15.7. The van der Waals surface area contributed by atoms with Gasteiger partial charge in [0, 0.05) is 19.1 Å². The van der Waals surface area contributed by atoms with Crippen LogP contribution in [0.2, 0.25) is 0 Å². The van der Waals surface area contributed by atoms with E-state index in [0.717, 1.165) is 19.4 Å². The molecule has 0 aromatic carbocycles. The van der Waals surface area contributed by atoms with Gasteiger partial charge in [-0.2, -0.15) is 10.1 Å². The van der Waals surface area contributed by atoms with Gasteiger partial charge in [0.15, 0.2) is 5.82 Å². The average Bonchev–Trinajstić information content (AvgIpc) is 3.12. The SMILES string of the molecule is CC(C)c1nc2n(n1)[C@@H](C(=O)NC[C@@H]1CCCO1)CC(=O)N2. The maximum absolute atomic E-state index is 12.4. The highest BCUT2D eigenvalue weighted by Crippen LogP contribution is 2.25. The number of ether oxygens (including phenoxy) is 1. The normalized spacial score (nSPS) is 24.2. The number of aromatic nitrogens is 3. The number of carbonyl (C=O) groups excluding carboxylic acids is 2. The Morgan fingerprint density at radius 2 is 2.36 bits per heavy atom. The van der Waals surface area contributed by atoms with E-state index in [0.29, 0.717) is 18.3 Å². The summed E-state index contributed by atoms with van der Waals surface area (Å²) >= 11 is 0. The molecule has 0 saturated carbocycles. The second-order valence-corrected chi connectivity index (χ2v) is 6.04. The summed E-state index contributed by atoms with van der Waals surface area (Å²) in [5.74, 6) is 0.663. The third-order valence-electron chi connectivity index (χ3n) is 3.92. The van der Waals surface area contributed by atoms with E-state index in [-0.39, 0.29) is 30.3 Å². The van der Waals surface area contributed by atoms with Gasteiger partial charge >= 0.3 is 0 Å². The minimum Gasteiger partial charge on any atom is -0.376 e. The Kier molecular flexibility index (Phi) is 4.10. The maximum atomic E-state index is 12.4. The number of nitrogens with zero attached hydrogens (tertiary/aromatic N) is 3. The molecule has 0 unspecified atom stereocenters. The highest BCUT2D eigenvalue weighted by atomic mass is 16.5. The summed E-state index contributed by atoms with van der Waals surface area (Å²) in [6, 6.07) is -0.648. The Morgan fingerprint density at radius 3 is 3.05 bits per heavy atom. The summed E-state index contributed by atoms with van der Waals surface area (Å²) < 4.78 is 7.00. The van der Waals surface area contributed by atoms with Crippen LogP contribution in [0.4, 0.5) is 5.95 Å². The highest BCUT2D eigenvalue weighted by Gasteiger charge is 2.33. The van der Waals surface area contributed by atoms with Crippen molar-refractivity contribution in [2.24, 2.45) is 0 Å². The van der Waals surface area contributed by atoms with Gasteiger partial charge in [0.2, 0.25) is 17.8 Å². The van der Waals surface area contributed by atoms with E-state index < -0.39 is 6.04 Å². The number of rotatable bonds is 4. The van der Waals surface area contributed by atoms with Gasteiger partial charge in [-0.15, -0.1) is 0 Å². The molecule has 2 atom stereocenters. The topological polar surface area (TPSA) is 98.1 Å². The monoisotopic (exact) mass is 307 g/mol. The molecule has 0 bridgehead atoms. The molecule has 0 spiro atoms. The number of hydrogen-bond donors (Lipinski definition) is 2. The van der Waals surface area contributed by atoms with Gasteiger partial charge in [-0.3, -0.25) is 14.9 Å². The van der Waals surface area contributed by atoms with Crippen LogP contribution in [0.5, 0.6) is 0 Å². The van der Waals surface area contributed by atoms with E-state index in [1.807, 2.05) is 13.8 Å². The van der Waals surface area contributed by atoms with Crippen molar-refractivity contribution in [3.8, 4) is 0 Å². The van der Waals surface area contributed by atoms with Gasteiger partial charge in [0.25, 0.3) is 0 Å². The number of fused-ring (bicyclic) bond motifs is 1. The Hall–Kier alpha value is -1.96. The first-order valence-corrected chi connectivity index (χ1v) is 7.70. The van der Waals surface area contributed by atoms with E-state index in [1.165, 1.54) is 4.68 Å². The Morgan fingerprint density at radius 1 is 1.55 bits per heavy atom. The number of amides is 2. The van der Waals surface area contributed by atoms with Crippen molar-refractivity contribution < 1.29 is 14.3 Å². The van der Waals surface area contributed by atoms with Crippen LogP contribution >= 0.6 is 0 Å². The van der Waals surface area contributed by atoms with Crippen LogP contribution in [0.25, 0.3) is 0 Å². The van der Waals surface area contributed by atoms with E-state index in [9.17, 15) is 9.59 Å². The molecule has 1 aromatic heterocycles. The average molecular weight is 307 g/mol. The summed E-state index contributed by atoms with van der Waals surface area (Å²) in [5, 5.41) is 9.89. The molecule has 1 saturated heterocycles. The van der Waals surface area contributed by atoms with E-state index in [2.05, 4.69) is 20.7 Å². The minimum absolute atomic E-state index is 0.0720. The highest BCUT2D eigenvalue weighted by molar-refractivity contribution is 5.96. The molecular formula is C14H21N5O3. The summed E-state index contributed by atoms with van der Waals surface area (Å²) in [4.78, 5) is 28.5. The second-order valence-electron chi connectivity index (χ2n) is 6.04. The standard InChI is InChI=1S/C14H21N5O3/c1-8(2)12-17-14-16-11(20)6-10(19(14)18-12)13(21)15-7-9-4-3-5-22-9/h8-10H,3-7H2,1-2H3,(H,15,21)(H,16,17,18,20)/t9-,10+/m0/s1. The Balaban J connectivity index is 1.72. The van der Waals surface area contributed by atoms with Gasteiger partial charge in [-0.05, 0) is 12.8 Å². The Bertz CT molecular complexity index is 577. The predicted octanol–water partition coefficient (Wildman–Crippen LogP) is 0.580. The van der Waals surface area contributed by atoms with Crippen LogP contribution in [0.3, 0.4) is 0 Å². The lowest BCUT2D eigenvalue weighted by Crippen LogP contribution is -2.41. The molecule has 8 heteroatoms. The van der Waals surface area contributed by atoms with Crippen molar-refractivity contribution in [1.82, 2.24) is 20.1 Å². The fourth-order valence-electron chi connectivity index (χ4n) is 2.67. The molecule has 0 radical (unpaired) electrons. The largest absolute Gasteiger partial charge is 0.376 e. The van der Waals surface area contributed by atoms with E-state index >= 15 is 0 Å². The van der Waals surface area contributed by atoms with Crippen LogP contribution in [0, 0.1) is 0 Å². The second kappa shape index (κ2) is 6.04. The first-order chi connectivity index (χ1) is 10.5. The molecule has 3 heterocycles. The molecule has 2 amide bonds. The number of hydrogen-bond acceptors (Lipinski definition) is 5. The van der Waals surface area contributed by atoms with Crippen LogP contribution < -0.4 is 10.6 Å². The maximum Gasteiger partial charge on any atom is 0.245 e. The zero-order valence-corrected chi connectivity index (χ0v) is 12.8. The molecule has 3 rings (SSSR count). The third-order valence-corrected chi connectivity index (χ3v) is 3.92. The minimum atomic E-state index is -0.648. The van der Waals surface area contributed by atoms with Crippen molar-refractivity contribution in [3.05, 3.63) is 5.82 Å². The Labute approximate surface area is 128 Å². The van der Waals surface area contributed by atoms with Gasteiger partial charge in [-0.1, -0.05) is 13.8 Å². The van der Waals surface area contributed by atoms with Gasteiger partial charge in [-0.25, -0.2) is 4.68 Å². The lowest BCUT2D eigenvalue weighted by Gasteiger charge is -2.23. The van der Waals surface area contributed by atoms with Gasteiger partial charge < -0.3 is 10.1 Å². The van der Waals surface area contributed by atoms with Crippen LogP contribution in [0.15, 0.2) is 0 Å². The molecule has 8 nitrogen and oxygen atoms in total. The fourth-order valence-corrected chi connectivity index (χ4v) is 2.67. The first kappa shape index (κ1) is 15.0. The van der Waals surface area contributed by atoms with Gasteiger partial charge in [0.05, 0.1) is 12.5 Å². The van der Waals surface area contributed by atoms with Gasteiger partial charge in [0.1, 0.15) is 6.04 Å². The number of nitrogens with one attached hydrogen (secondary N) is 2. The van der Waals surface area contributed by atoms with Crippen molar-refractivity contribution in [2.45, 2.75) is 51.2 Å². The zero-order valence-electron chi connectivity index (χ0n) is 12.8. The van der Waals surface area contributed by atoms with E-state index in [1.54, 1.807) is 0 Å². The molecule has 2 aliphatic heterocycles. The third kappa shape index (κ3) is 2.96. The predicted molar refractivity (Wildman–Crippen MR) is 78.4 cm³/mol. The lowest BCUT2D eigenvalue weighted by atomic mass is 10.1. The van der Waals surface area contributed by atoms with Crippen molar-refractivity contribution >= 4 is 17.8 Å². The quantitative estimate of drug-likeness (QED) is 0.848. The van der Waals surface area contributed by atoms with Crippen molar-refractivity contribution in [1.29, 1.82) is 0 Å². The summed E-state index contributed by atoms with van der Waals surface area (Å²) in [6.07, 6.45) is 2.13. The van der Waals surface area contributed by atoms with Crippen LogP contribution in [-0.2, 0) is 14.3 Å². The lowest BCUT2D eigenvalue weighted by molar-refractivity contribution is -0.129. The van der Waals surface area contributed by atoms with Crippen molar-refractivity contribution in [3.63, 3.8) is 0 Å². The molecule has 2 N–H and O–H groups in total. The number of anilines is 1. The summed E-state index contributed by atoms with van der Waals surface area (Å²) in [5.41, 5.74) is 0. The van der Waals surface area contributed by atoms with Crippen molar-refractivity contribution in [2.75, 3.05) is 18.5 Å². The molecule has 0 aliphatic carbocycles. The first-order valence-electron chi connectivity index (χ1n) is 7.70. The molecule has 22 heavy (non-hydrogen) atoms. The smallest absolute Gasteiger partial charge is 0.245 e. The van der Waals surface area contributed by atoms with Crippen LogP contribution in [-0.4, -0.2) is 45.8 Å². The molecular weight excluding hydrogens is 286 g/mol. The fraction of sp³-hybridized carbons (Fsp3) is 0.714. The molecule has 1 aromatic rings. The molecule has 2 aliphatic rings.